The van der Waals surface area contributed by atoms with Crippen LogP contribution in [0, 0.1) is 23.2 Å². The van der Waals surface area contributed by atoms with E-state index in [4.69, 9.17) is 5.11 Å². The van der Waals surface area contributed by atoms with Crippen molar-refractivity contribution in [2.24, 2.45) is 0 Å². The molecular formula is C36H46F3N7O2. The molecule has 2 aromatic heterocycles. The second-order valence-corrected chi connectivity index (χ2v) is 13.1. The summed E-state index contributed by atoms with van der Waals surface area (Å²) >= 11 is 0. The van der Waals surface area contributed by atoms with Gasteiger partial charge in [-0.15, -0.1) is 0 Å². The van der Waals surface area contributed by atoms with Crippen LogP contribution in [-0.4, -0.2) is 95.4 Å². The Morgan fingerprint density at radius 2 is 1.79 bits per heavy atom. The Morgan fingerprint density at radius 3 is 2.42 bits per heavy atom. The van der Waals surface area contributed by atoms with Gasteiger partial charge in [0.15, 0.2) is 0 Å². The van der Waals surface area contributed by atoms with Gasteiger partial charge in [-0.2, -0.15) is 18.4 Å². The van der Waals surface area contributed by atoms with Crippen molar-refractivity contribution < 1.29 is 23.1 Å². The maximum Gasteiger partial charge on any atom is 0.406 e. The lowest BCUT2D eigenvalue weighted by atomic mass is 9.91. The number of halogens is 3. The summed E-state index contributed by atoms with van der Waals surface area (Å²) in [7, 11) is 2.12. The Bertz CT molecular complexity index is 1590. The van der Waals surface area contributed by atoms with Gasteiger partial charge in [0.05, 0.1) is 53.9 Å². The van der Waals surface area contributed by atoms with E-state index in [1.165, 1.54) is 4.57 Å². The molecule has 2 aliphatic rings. The molecule has 4 heterocycles. The number of carbonyl (C=O) groups is 1. The summed E-state index contributed by atoms with van der Waals surface area (Å²) in [5.74, 6) is 5.85. The van der Waals surface area contributed by atoms with Gasteiger partial charge >= 0.3 is 6.18 Å². The molecule has 48 heavy (non-hydrogen) atoms. The van der Waals surface area contributed by atoms with Crippen molar-refractivity contribution in [1.82, 2.24) is 24.7 Å². The van der Waals surface area contributed by atoms with Crippen LogP contribution in [0.2, 0.25) is 0 Å². The van der Waals surface area contributed by atoms with Crippen LogP contribution in [0.15, 0.2) is 42.6 Å². The van der Waals surface area contributed by atoms with Crippen molar-refractivity contribution >= 4 is 22.9 Å². The number of nitrogens with zero attached hydrogens (tertiary/aromatic N) is 5. The topological polar surface area (TPSA) is 109 Å². The largest absolute Gasteiger partial charge is 0.406 e. The molecule has 3 aromatic rings. The monoisotopic (exact) mass is 665 g/mol. The third kappa shape index (κ3) is 11.1. The number of hydrogen-bond donors (Lipinski definition) is 3. The molecule has 12 heteroatoms. The number of aldehydes is 1. The number of aliphatic hydroxyl groups excluding tert-OH is 1. The van der Waals surface area contributed by atoms with Crippen LogP contribution in [0.25, 0.3) is 10.9 Å². The van der Waals surface area contributed by atoms with Crippen LogP contribution >= 0.6 is 0 Å². The summed E-state index contributed by atoms with van der Waals surface area (Å²) in [6, 6.07) is 13.6. The summed E-state index contributed by atoms with van der Waals surface area (Å²) in [5, 5.41) is 25.8. The van der Waals surface area contributed by atoms with Gasteiger partial charge in [-0.25, -0.2) is 0 Å². The Balaban J connectivity index is 0.000000445. The van der Waals surface area contributed by atoms with Crippen LogP contribution in [0.1, 0.15) is 56.5 Å². The number of rotatable bonds is 9. The normalized spacial score (nSPS) is 16.8. The van der Waals surface area contributed by atoms with Crippen LogP contribution in [0.3, 0.4) is 0 Å². The molecule has 0 spiro atoms. The Labute approximate surface area is 281 Å². The predicted molar refractivity (Wildman–Crippen MR) is 181 cm³/mol. The zero-order chi connectivity index (χ0) is 34.7. The average Bonchev–Trinajstić information content (AvgIpc) is 3.39. The van der Waals surface area contributed by atoms with E-state index < -0.39 is 18.1 Å². The number of pyridine rings is 1. The van der Waals surface area contributed by atoms with Crippen molar-refractivity contribution in [3.63, 3.8) is 0 Å². The van der Waals surface area contributed by atoms with E-state index in [9.17, 15) is 23.2 Å². The fourth-order valence-electron chi connectivity index (χ4n) is 5.77. The van der Waals surface area contributed by atoms with Crippen molar-refractivity contribution in [2.75, 3.05) is 51.6 Å². The van der Waals surface area contributed by atoms with E-state index in [-0.39, 0.29) is 12.6 Å². The molecule has 2 saturated heterocycles. The van der Waals surface area contributed by atoms with Gasteiger partial charge in [0.25, 0.3) is 0 Å². The van der Waals surface area contributed by atoms with E-state index in [1.807, 2.05) is 18.2 Å². The minimum absolute atomic E-state index is 0.136. The lowest BCUT2D eigenvalue weighted by molar-refractivity contribution is -0.140. The molecular weight excluding hydrogens is 619 g/mol. The molecule has 0 bridgehead atoms. The number of piperidine rings is 2. The summed E-state index contributed by atoms with van der Waals surface area (Å²) in [4.78, 5) is 18.7. The Hall–Kier alpha value is -3.94. The number of aliphatic hydroxyl groups is 1. The third-order valence-electron chi connectivity index (χ3n) is 8.79. The minimum atomic E-state index is -4.36. The van der Waals surface area contributed by atoms with Crippen molar-refractivity contribution in [3.05, 3.63) is 59.5 Å². The number of nitrogens with one attached hydrogen (secondary N) is 2. The van der Waals surface area contributed by atoms with E-state index >= 15 is 0 Å². The number of hydrogen-bond acceptors (Lipinski definition) is 8. The van der Waals surface area contributed by atoms with Crippen molar-refractivity contribution in [3.8, 4) is 17.9 Å². The lowest BCUT2D eigenvalue weighted by Gasteiger charge is -2.29. The van der Waals surface area contributed by atoms with Gasteiger partial charge < -0.3 is 30.0 Å². The first-order valence-electron chi connectivity index (χ1n) is 16.4. The average molecular weight is 666 g/mol. The molecule has 2 aliphatic heterocycles. The van der Waals surface area contributed by atoms with Gasteiger partial charge in [0.2, 0.25) is 0 Å². The summed E-state index contributed by atoms with van der Waals surface area (Å²) in [6.07, 6.45) is 1.85. The highest BCUT2D eigenvalue weighted by Gasteiger charge is 2.29. The predicted octanol–water partition coefficient (Wildman–Crippen LogP) is 4.69. The summed E-state index contributed by atoms with van der Waals surface area (Å²) in [6.45, 7) is 7.78. The number of carbonyl (C=O) groups excluding carboxylic acids is 1. The number of aromatic nitrogens is 2. The highest BCUT2D eigenvalue weighted by Crippen LogP contribution is 2.27. The molecule has 0 aliphatic carbocycles. The zero-order valence-electron chi connectivity index (χ0n) is 28.0. The number of anilines is 1. The van der Waals surface area contributed by atoms with E-state index in [0.717, 1.165) is 74.8 Å². The van der Waals surface area contributed by atoms with E-state index in [2.05, 4.69) is 50.4 Å². The maximum absolute atomic E-state index is 13.4. The smallest absolute Gasteiger partial charge is 0.393 e. The van der Waals surface area contributed by atoms with Gasteiger partial charge in [-0.05, 0) is 101 Å². The molecule has 0 radical (unpaired) electrons. The van der Waals surface area contributed by atoms with Crippen LogP contribution < -0.4 is 10.6 Å². The molecule has 258 valence electrons. The van der Waals surface area contributed by atoms with Gasteiger partial charge in [-0.3, -0.25) is 9.88 Å². The van der Waals surface area contributed by atoms with Crippen LogP contribution in [0.5, 0.6) is 0 Å². The van der Waals surface area contributed by atoms with Gasteiger partial charge in [-0.1, -0.05) is 12.0 Å². The Kier molecular flexibility index (Phi) is 13.0. The quantitative estimate of drug-likeness (QED) is 0.223. The molecule has 0 saturated carbocycles. The van der Waals surface area contributed by atoms with E-state index in [0.29, 0.717) is 36.0 Å². The Morgan fingerprint density at radius 1 is 1.06 bits per heavy atom. The third-order valence-corrected chi connectivity index (χ3v) is 8.79. The number of nitriles is 1. The molecule has 9 nitrogen and oxygen atoms in total. The summed E-state index contributed by atoms with van der Waals surface area (Å²) in [5.41, 5.74) is 2.57. The maximum atomic E-state index is 13.4. The molecule has 0 atom stereocenters. The first-order chi connectivity index (χ1) is 22.9. The molecule has 2 fully saturated rings. The zero-order valence-corrected chi connectivity index (χ0v) is 28.0. The van der Waals surface area contributed by atoms with Crippen molar-refractivity contribution in [2.45, 2.75) is 76.4 Å². The standard InChI is InChI=1S/C29H33F3N6.C7H13NO2/c1-28(2,19-33)27-9-7-24(18-36-27)34-12-4-5-25-16-22-15-21(17-35-23-10-13-37(3)14-11-23)6-8-26(22)38(25)20-29(30,31)32;9-6-5-8-3-1-7(10)2-4-8/h6-9,15-16,18,23,34-35H,10-14,17,20H2,1-3H3;6-7,10H,1-5H2. The summed E-state index contributed by atoms with van der Waals surface area (Å²) < 4.78 is 41.4. The molecule has 0 unspecified atom stereocenters. The number of alkyl halides is 3. The SMILES string of the molecule is CN1CCC(NCc2ccc3c(c2)cc(C#CCNc2ccc(C(C)(C)C#N)nc2)n3CC(F)(F)F)CC1.O=CCN1CCC(O)CC1. The fraction of sp³-hybridized carbons (Fsp3) is 0.528. The number of fused-ring (bicyclic) bond motifs is 1. The molecule has 5 rings (SSSR count). The highest BCUT2D eigenvalue weighted by atomic mass is 19.4. The van der Waals surface area contributed by atoms with E-state index in [1.54, 1.807) is 38.2 Å². The second kappa shape index (κ2) is 16.9. The minimum Gasteiger partial charge on any atom is -0.393 e. The number of benzene rings is 1. The van der Waals surface area contributed by atoms with Gasteiger partial charge in [0.1, 0.15) is 12.8 Å². The van der Waals surface area contributed by atoms with Gasteiger partial charge in [0, 0.05) is 36.6 Å². The first kappa shape index (κ1) is 36.9. The second-order valence-electron chi connectivity index (χ2n) is 13.1. The first-order valence-corrected chi connectivity index (χ1v) is 16.4. The highest BCUT2D eigenvalue weighted by molar-refractivity contribution is 5.83. The lowest BCUT2D eigenvalue weighted by Crippen LogP contribution is -2.40. The van der Waals surface area contributed by atoms with Crippen molar-refractivity contribution in [1.29, 1.82) is 5.26 Å². The number of likely N-dealkylation sites (tertiary alicyclic amines) is 2. The molecule has 3 N–H and O–H groups in total. The molecule has 1 aromatic carbocycles. The molecule has 0 amide bonds. The fourth-order valence-corrected chi connectivity index (χ4v) is 5.77. The van der Waals surface area contributed by atoms with Crippen LogP contribution in [-0.2, 0) is 23.3 Å². The van der Waals surface area contributed by atoms with Crippen LogP contribution in [0.4, 0.5) is 18.9 Å².